The standard InChI is InChI=1S/C8H3N3O2/c9-3-5-1-6(4-10)11-7(2-5)8(12)13/h1-2H,(H,12,13). The molecule has 13 heavy (non-hydrogen) atoms. The molecule has 5 heteroatoms. The van der Waals surface area contributed by atoms with Crippen molar-refractivity contribution in [3.8, 4) is 12.1 Å². The van der Waals surface area contributed by atoms with Gasteiger partial charge < -0.3 is 5.11 Å². The summed E-state index contributed by atoms with van der Waals surface area (Å²) in [7, 11) is 0. The monoisotopic (exact) mass is 173 g/mol. The van der Waals surface area contributed by atoms with Crippen molar-refractivity contribution >= 4 is 5.97 Å². The van der Waals surface area contributed by atoms with E-state index in [-0.39, 0.29) is 17.0 Å². The zero-order valence-electron chi connectivity index (χ0n) is 6.35. The third-order valence-electron chi connectivity index (χ3n) is 1.29. The van der Waals surface area contributed by atoms with Gasteiger partial charge in [-0.2, -0.15) is 10.5 Å². The Hall–Kier alpha value is -2.40. The molecule has 0 fully saturated rings. The average Bonchev–Trinajstić information content (AvgIpc) is 2.16. The summed E-state index contributed by atoms with van der Waals surface area (Å²) in [6, 6.07) is 5.76. The molecule has 0 radical (unpaired) electrons. The van der Waals surface area contributed by atoms with Gasteiger partial charge in [-0.3, -0.25) is 0 Å². The molecule has 0 aliphatic heterocycles. The van der Waals surface area contributed by atoms with Crippen LogP contribution in [-0.4, -0.2) is 16.1 Å². The number of hydrogen-bond donors (Lipinski definition) is 1. The number of hydrogen-bond acceptors (Lipinski definition) is 4. The van der Waals surface area contributed by atoms with Gasteiger partial charge in [0.1, 0.15) is 11.8 Å². The van der Waals surface area contributed by atoms with Crippen molar-refractivity contribution in [2.24, 2.45) is 0 Å². The summed E-state index contributed by atoms with van der Waals surface area (Å²) in [4.78, 5) is 13.9. The molecular formula is C8H3N3O2. The number of carboxylic acid groups (broad SMARTS) is 1. The number of nitrogens with zero attached hydrogens (tertiary/aromatic N) is 3. The summed E-state index contributed by atoms with van der Waals surface area (Å²) < 4.78 is 0. The Kier molecular flexibility index (Phi) is 2.23. The number of aromatic nitrogens is 1. The molecule has 0 spiro atoms. The molecular weight excluding hydrogens is 170 g/mol. The van der Waals surface area contributed by atoms with Crippen molar-refractivity contribution in [1.82, 2.24) is 4.98 Å². The lowest BCUT2D eigenvalue weighted by Gasteiger charge is -1.94. The first-order valence-corrected chi connectivity index (χ1v) is 3.23. The van der Waals surface area contributed by atoms with Crippen LogP contribution in [0.5, 0.6) is 0 Å². The van der Waals surface area contributed by atoms with Gasteiger partial charge in [0.25, 0.3) is 0 Å². The minimum Gasteiger partial charge on any atom is -0.477 e. The number of aromatic carboxylic acids is 1. The number of rotatable bonds is 1. The van der Waals surface area contributed by atoms with Crippen molar-refractivity contribution in [1.29, 1.82) is 10.5 Å². The zero-order valence-corrected chi connectivity index (χ0v) is 6.35. The molecule has 5 nitrogen and oxygen atoms in total. The molecule has 0 saturated heterocycles. The van der Waals surface area contributed by atoms with Crippen LogP contribution in [0.15, 0.2) is 12.1 Å². The van der Waals surface area contributed by atoms with E-state index in [0.29, 0.717) is 0 Å². The molecule has 0 aromatic carbocycles. The second-order valence-electron chi connectivity index (χ2n) is 2.16. The fourth-order valence-electron chi connectivity index (χ4n) is 0.762. The topological polar surface area (TPSA) is 97.8 Å². The molecule has 0 amide bonds. The fourth-order valence-corrected chi connectivity index (χ4v) is 0.762. The van der Waals surface area contributed by atoms with Crippen molar-refractivity contribution in [2.45, 2.75) is 0 Å². The van der Waals surface area contributed by atoms with Crippen LogP contribution in [-0.2, 0) is 0 Å². The van der Waals surface area contributed by atoms with Gasteiger partial charge in [-0.15, -0.1) is 0 Å². The predicted octanol–water partition coefficient (Wildman–Crippen LogP) is 0.523. The van der Waals surface area contributed by atoms with Gasteiger partial charge in [0.15, 0.2) is 5.69 Å². The highest BCUT2D eigenvalue weighted by atomic mass is 16.4. The number of carboxylic acids is 1. The van der Waals surface area contributed by atoms with Gasteiger partial charge in [0.2, 0.25) is 0 Å². The van der Waals surface area contributed by atoms with Crippen LogP contribution < -0.4 is 0 Å². The normalized spacial score (nSPS) is 8.46. The lowest BCUT2D eigenvalue weighted by Crippen LogP contribution is -2.02. The van der Waals surface area contributed by atoms with E-state index in [0.717, 1.165) is 6.07 Å². The molecule has 1 N–H and O–H groups in total. The second-order valence-corrected chi connectivity index (χ2v) is 2.16. The molecule has 1 heterocycles. The van der Waals surface area contributed by atoms with E-state index in [4.69, 9.17) is 15.6 Å². The molecule has 0 saturated carbocycles. The molecule has 1 aromatic heterocycles. The molecule has 1 aromatic rings. The first kappa shape index (κ1) is 8.69. The third kappa shape index (κ3) is 1.79. The SMILES string of the molecule is N#Cc1cc(C#N)nc(C(=O)O)c1. The summed E-state index contributed by atoms with van der Waals surface area (Å²) in [6.45, 7) is 0. The van der Waals surface area contributed by atoms with Gasteiger partial charge in [0.05, 0.1) is 11.6 Å². The van der Waals surface area contributed by atoms with Crippen LogP contribution in [0.3, 0.4) is 0 Å². The van der Waals surface area contributed by atoms with Gasteiger partial charge in [-0.25, -0.2) is 9.78 Å². The van der Waals surface area contributed by atoms with Crippen LogP contribution in [0.25, 0.3) is 0 Å². The Morgan fingerprint density at radius 2 is 2.08 bits per heavy atom. The van der Waals surface area contributed by atoms with E-state index in [1.807, 2.05) is 0 Å². The van der Waals surface area contributed by atoms with E-state index in [9.17, 15) is 4.79 Å². The third-order valence-corrected chi connectivity index (χ3v) is 1.29. The largest absolute Gasteiger partial charge is 0.477 e. The van der Waals surface area contributed by atoms with Gasteiger partial charge in [-0.1, -0.05) is 0 Å². The highest BCUT2D eigenvalue weighted by molar-refractivity contribution is 5.85. The van der Waals surface area contributed by atoms with E-state index in [2.05, 4.69) is 4.98 Å². The zero-order chi connectivity index (χ0) is 9.84. The summed E-state index contributed by atoms with van der Waals surface area (Å²) in [5.74, 6) is -1.26. The van der Waals surface area contributed by atoms with Crippen molar-refractivity contribution < 1.29 is 9.90 Å². The van der Waals surface area contributed by atoms with Crippen molar-refractivity contribution in [3.05, 3.63) is 29.1 Å². The van der Waals surface area contributed by atoms with Crippen LogP contribution >= 0.6 is 0 Å². The van der Waals surface area contributed by atoms with Gasteiger partial charge in [-0.05, 0) is 12.1 Å². The quantitative estimate of drug-likeness (QED) is 0.667. The molecule has 0 aliphatic carbocycles. The molecule has 62 valence electrons. The number of carbonyl (C=O) groups is 1. The lowest BCUT2D eigenvalue weighted by atomic mass is 10.2. The Morgan fingerprint density at radius 1 is 1.38 bits per heavy atom. The van der Waals surface area contributed by atoms with Crippen LogP contribution in [0.2, 0.25) is 0 Å². The lowest BCUT2D eigenvalue weighted by molar-refractivity contribution is 0.0690. The van der Waals surface area contributed by atoms with Gasteiger partial charge in [0, 0.05) is 0 Å². The predicted molar refractivity (Wildman–Crippen MR) is 40.6 cm³/mol. The van der Waals surface area contributed by atoms with E-state index in [1.165, 1.54) is 6.07 Å². The highest BCUT2D eigenvalue weighted by Gasteiger charge is 2.07. The van der Waals surface area contributed by atoms with E-state index >= 15 is 0 Å². The van der Waals surface area contributed by atoms with Crippen molar-refractivity contribution in [3.63, 3.8) is 0 Å². The van der Waals surface area contributed by atoms with Crippen molar-refractivity contribution in [2.75, 3.05) is 0 Å². The average molecular weight is 173 g/mol. The van der Waals surface area contributed by atoms with Crippen LogP contribution in [0.4, 0.5) is 0 Å². The minimum absolute atomic E-state index is 0.0727. The Bertz CT molecular complexity index is 407. The molecule has 0 atom stereocenters. The molecule has 0 aliphatic rings. The number of pyridine rings is 1. The molecule has 0 bridgehead atoms. The maximum absolute atomic E-state index is 10.5. The Labute approximate surface area is 73.5 Å². The minimum atomic E-state index is -1.26. The molecule has 0 unspecified atom stereocenters. The maximum atomic E-state index is 10.5. The fraction of sp³-hybridized carbons (Fsp3) is 0. The molecule has 1 rings (SSSR count). The maximum Gasteiger partial charge on any atom is 0.354 e. The van der Waals surface area contributed by atoms with E-state index in [1.54, 1.807) is 12.1 Å². The number of nitriles is 2. The first-order valence-electron chi connectivity index (χ1n) is 3.23. The highest BCUT2D eigenvalue weighted by Crippen LogP contribution is 2.04. The summed E-state index contributed by atoms with van der Waals surface area (Å²) in [6.07, 6.45) is 0. The van der Waals surface area contributed by atoms with Gasteiger partial charge >= 0.3 is 5.97 Å². The van der Waals surface area contributed by atoms with Crippen LogP contribution in [0.1, 0.15) is 21.7 Å². The first-order chi connectivity index (χ1) is 6.17. The second kappa shape index (κ2) is 3.33. The summed E-state index contributed by atoms with van der Waals surface area (Å²) in [5.41, 5.74) is -0.254. The summed E-state index contributed by atoms with van der Waals surface area (Å²) in [5, 5.41) is 25.5. The van der Waals surface area contributed by atoms with Crippen LogP contribution in [0, 0.1) is 22.7 Å². The smallest absolute Gasteiger partial charge is 0.354 e. The Morgan fingerprint density at radius 3 is 2.54 bits per heavy atom. The summed E-state index contributed by atoms with van der Waals surface area (Å²) >= 11 is 0. The van der Waals surface area contributed by atoms with E-state index < -0.39 is 5.97 Å². The Balaban J connectivity index is 3.35.